The third-order valence-electron chi connectivity index (χ3n) is 5.23. The third-order valence-corrected chi connectivity index (χ3v) is 7.24. The van der Waals surface area contributed by atoms with Crippen LogP contribution in [0.2, 0.25) is 0 Å². The zero-order valence-electron chi connectivity index (χ0n) is 11.3. The highest BCUT2D eigenvalue weighted by molar-refractivity contribution is 9.09. The minimum atomic E-state index is 0.421. The maximum absolute atomic E-state index is 3.97. The van der Waals surface area contributed by atoms with Crippen molar-refractivity contribution in [3.8, 4) is 0 Å². The summed E-state index contributed by atoms with van der Waals surface area (Å²) in [6.07, 6.45) is 0. The smallest absolute Gasteiger partial charge is 0.0448 e. The van der Waals surface area contributed by atoms with E-state index in [1.807, 2.05) is 11.3 Å². The van der Waals surface area contributed by atoms with Crippen LogP contribution in [0.25, 0.3) is 10.1 Å². The van der Waals surface area contributed by atoms with Gasteiger partial charge in [-0.1, -0.05) is 61.8 Å². The van der Waals surface area contributed by atoms with Crippen LogP contribution in [0.4, 0.5) is 0 Å². The lowest BCUT2D eigenvalue weighted by molar-refractivity contribution is 0.457. The molecule has 96 valence electrons. The molecule has 18 heavy (non-hydrogen) atoms. The highest BCUT2D eigenvalue weighted by Gasteiger charge is 2.67. The molecule has 1 unspecified atom stereocenters. The molecule has 1 saturated carbocycles. The van der Waals surface area contributed by atoms with Crippen molar-refractivity contribution in [3.63, 3.8) is 0 Å². The fraction of sp³-hybridized carbons (Fsp3) is 0.500. The molecule has 0 radical (unpaired) electrons. The average molecular weight is 323 g/mol. The summed E-state index contributed by atoms with van der Waals surface area (Å²) in [6, 6.07) is 8.72. The minimum absolute atomic E-state index is 0.421. The first-order valence-corrected chi connectivity index (χ1v) is 8.27. The van der Waals surface area contributed by atoms with Gasteiger partial charge in [-0.3, -0.25) is 0 Å². The number of halogens is 1. The van der Waals surface area contributed by atoms with Gasteiger partial charge in [-0.25, -0.2) is 0 Å². The van der Waals surface area contributed by atoms with Crippen LogP contribution >= 0.6 is 27.3 Å². The Labute approximate surface area is 122 Å². The predicted molar refractivity (Wildman–Crippen MR) is 84.5 cm³/mol. The largest absolute Gasteiger partial charge is 0.143 e. The van der Waals surface area contributed by atoms with Gasteiger partial charge < -0.3 is 0 Å². The maximum atomic E-state index is 3.97. The summed E-state index contributed by atoms with van der Waals surface area (Å²) < 4.78 is 1.40. The second-order valence-electron chi connectivity index (χ2n) is 6.51. The van der Waals surface area contributed by atoms with Gasteiger partial charge in [-0.05, 0) is 39.1 Å². The Morgan fingerprint density at radius 3 is 2.33 bits per heavy atom. The molecule has 2 aromatic rings. The van der Waals surface area contributed by atoms with E-state index < -0.39 is 0 Å². The van der Waals surface area contributed by atoms with Crippen molar-refractivity contribution in [2.45, 2.75) is 32.5 Å². The van der Waals surface area contributed by atoms with Crippen LogP contribution in [0, 0.1) is 16.7 Å². The van der Waals surface area contributed by atoms with Crippen molar-refractivity contribution < 1.29 is 0 Å². The van der Waals surface area contributed by atoms with E-state index in [1.54, 1.807) is 0 Å². The van der Waals surface area contributed by atoms with Gasteiger partial charge >= 0.3 is 0 Å². The molecule has 1 fully saturated rings. The van der Waals surface area contributed by atoms with Gasteiger partial charge in [0.1, 0.15) is 0 Å². The molecule has 0 nitrogen and oxygen atoms in total. The summed E-state index contributed by atoms with van der Waals surface area (Å²) in [4.78, 5) is 0.471. The number of rotatable bonds is 2. The normalized spacial score (nSPS) is 23.2. The van der Waals surface area contributed by atoms with Crippen LogP contribution in [0.5, 0.6) is 0 Å². The number of hydrogen-bond acceptors (Lipinski definition) is 1. The van der Waals surface area contributed by atoms with Gasteiger partial charge in [0, 0.05) is 9.53 Å². The van der Waals surface area contributed by atoms with Crippen LogP contribution in [0.1, 0.15) is 38.1 Å². The van der Waals surface area contributed by atoms with E-state index in [1.165, 1.54) is 15.6 Å². The fourth-order valence-corrected chi connectivity index (χ4v) is 6.24. The fourth-order valence-electron chi connectivity index (χ4n) is 3.37. The summed E-state index contributed by atoms with van der Waals surface area (Å²) >= 11 is 5.83. The van der Waals surface area contributed by atoms with Crippen molar-refractivity contribution in [2.24, 2.45) is 16.7 Å². The van der Waals surface area contributed by atoms with Crippen LogP contribution in [0.3, 0.4) is 0 Å². The van der Waals surface area contributed by atoms with Crippen molar-refractivity contribution in [3.05, 3.63) is 35.2 Å². The Morgan fingerprint density at radius 1 is 1.11 bits per heavy atom. The van der Waals surface area contributed by atoms with Crippen LogP contribution < -0.4 is 0 Å². The molecule has 0 amide bonds. The first-order chi connectivity index (χ1) is 8.37. The second kappa shape index (κ2) is 3.83. The van der Waals surface area contributed by atoms with E-state index in [0.29, 0.717) is 21.6 Å². The second-order valence-corrected chi connectivity index (χ2v) is 8.41. The van der Waals surface area contributed by atoms with Gasteiger partial charge in [-0.15, -0.1) is 11.3 Å². The maximum Gasteiger partial charge on any atom is 0.0448 e. The minimum Gasteiger partial charge on any atom is -0.143 e. The predicted octanol–water partition coefficient (Wildman–Crippen LogP) is 6.02. The van der Waals surface area contributed by atoms with E-state index in [4.69, 9.17) is 0 Å². The monoisotopic (exact) mass is 322 g/mol. The van der Waals surface area contributed by atoms with Gasteiger partial charge in [-0.2, -0.15) is 0 Å². The SMILES string of the molecule is CC1(C)C(C(Br)c2csc3ccccc23)C1(C)C. The van der Waals surface area contributed by atoms with E-state index in [9.17, 15) is 0 Å². The van der Waals surface area contributed by atoms with Crippen LogP contribution in [-0.2, 0) is 0 Å². The van der Waals surface area contributed by atoms with Crippen molar-refractivity contribution in [1.82, 2.24) is 0 Å². The molecule has 0 saturated heterocycles. The van der Waals surface area contributed by atoms with E-state index in [-0.39, 0.29) is 0 Å². The molecule has 3 rings (SSSR count). The number of fused-ring (bicyclic) bond motifs is 1. The molecule has 1 aliphatic carbocycles. The summed E-state index contributed by atoms with van der Waals surface area (Å²) in [5, 5.41) is 3.75. The molecule has 0 N–H and O–H groups in total. The molecule has 1 aromatic carbocycles. The molecule has 1 aliphatic rings. The van der Waals surface area contributed by atoms with Gasteiger partial charge in [0.25, 0.3) is 0 Å². The number of benzene rings is 1. The Bertz CT molecular complexity index is 580. The van der Waals surface area contributed by atoms with E-state index in [0.717, 1.165) is 0 Å². The Kier molecular flexibility index (Phi) is 2.70. The van der Waals surface area contributed by atoms with Crippen LogP contribution in [-0.4, -0.2) is 0 Å². The van der Waals surface area contributed by atoms with Crippen molar-refractivity contribution in [2.75, 3.05) is 0 Å². The molecular weight excluding hydrogens is 304 g/mol. The zero-order chi connectivity index (χ0) is 13.1. The zero-order valence-corrected chi connectivity index (χ0v) is 13.7. The summed E-state index contributed by atoms with van der Waals surface area (Å²) in [5.74, 6) is 0.711. The van der Waals surface area contributed by atoms with Gasteiger partial charge in [0.15, 0.2) is 0 Å². The lowest BCUT2D eigenvalue weighted by atomic mass is 10.0. The molecule has 1 aromatic heterocycles. The summed E-state index contributed by atoms with van der Waals surface area (Å²) in [5.41, 5.74) is 2.31. The molecule has 0 aliphatic heterocycles. The van der Waals surface area contributed by atoms with Crippen LogP contribution in [0.15, 0.2) is 29.6 Å². The van der Waals surface area contributed by atoms with Gasteiger partial charge in [0.2, 0.25) is 0 Å². The average Bonchev–Trinajstić information content (AvgIpc) is 2.66. The third kappa shape index (κ3) is 1.55. The Morgan fingerprint density at radius 2 is 1.72 bits per heavy atom. The lowest BCUT2D eigenvalue weighted by Gasteiger charge is -2.11. The van der Waals surface area contributed by atoms with E-state index >= 15 is 0 Å². The highest BCUT2D eigenvalue weighted by atomic mass is 79.9. The number of alkyl halides is 1. The summed E-state index contributed by atoms with van der Waals surface area (Å²) in [7, 11) is 0. The number of thiophene rings is 1. The molecular formula is C16H19BrS. The molecule has 0 spiro atoms. The topological polar surface area (TPSA) is 0 Å². The standard InChI is InChI=1S/C16H19BrS/c1-15(2)14(16(15,3)4)13(17)11-9-18-12-8-6-5-7-10(11)12/h5-9,13-14H,1-4H3. The quantitative estimate of drug-likeness (QED) is 0.593. The molecule has 1 atom stereocenters. The van der Waals surface area contributed by atoms with Gasteiger partial charge in [0.05, 0.1) is 0 Å². The van der Waals surface area contributed by atoms with Crippen molar-refractivity contribution in [1.29, 1.82) is 0 Å². The Hall–Kier alpha value is -0.340. The first-order valence-electron chi connectivity index (χ1n) is 6.47. The van der Waals surface area contributed by atoms with Crippen molar-refractivity contribution >= 4 is 37.4 Å². The molecule has 0 bridgehead atoms. The van der Waals surface area contributed by atoms with E-state index in [2.05, 4.69) is 73.3 Å². The first kappa shape index (κ1) is 12.7. The Balaban J connectivity index is 2.02. The molecule has 1 heterocycles. The summed E-state index contributed by atoms with van der Waals surface area (Å²) in [6.45, 7) is 9.56. The lowest BCUT2D eigenvalue weighted by Crippen LogP contribution is -1.98. The number of hydrogen-bond donors (Lipinski definition) is 0. The molecule has 2 heteroatoms. The highest BCUT2D eigenvalue weighted by Crippen LogP contribution is 2.74.